The number of carbonyl (C=O) groups excluding carboxylic acids is 3. The summed E-state index contributed by atoms with van der Waals surface area (Å²) in [5, 5.41) is 3.25. The van der Waals surface area contributed by atoms with Gasteiger partial charge in [-0.2, -0.15) is 0 Å². The number of carbonyl (C=O) groups is 3. The van der Waals surface area contributed by atoms with E-state index in [1.54, 1.807) is 39.0 Å². The summed E-state index contributed by atoms with van der Waals surface area (Å²) in [4.78, 5) is 40.6. The number of nitrogens with one attached hydrogen (secondary N) is 1. The lowest BCUT2D eigenvalue weighted by Crippen LogP contribution is -2.43. The van der Waals surface area contributed by atoms with Crippen molar-refractivity contribution in [2.24, 2.45) is 5.92 Å². The molecule has 0 bridgehead atoms. The first-order chi connectivity index (χ1) is 17.8. The molecule has 194 valence electrons. The molecule has 0 saturated heterocycles. The van der Waals surface area contributed by atoms with Gasteiger partial charge in [0.05, 0.1) is 25.9 Å². The number of methoxy groups -OCH3 is 1. The largest absolute Gasteiger partial charge is 0.496 e. The molecule has 0 unspecified atom stereocenters. The molecule has 8 heteroatoms. The number of Topliss-reactive ketones (excluding diaryl/α,β-unsaturated/α-hetero) is 1. The van der Waals surface area contributed by atoms with E-state index < -0.39 is 41.3 Å². The van der Waals surface area contributed by atoms with E-state index in [1.807, 2.05) is 18.2 Å². The second-order valence-electron chi connectivity index (χ2n) is 8.91. The quantitative estimate of drug-likeness (QED) is 0.434. The van der Waals surface area contributed by atoms with Crippen LogP contribution in [0.5, 0.6) is 5.75 Å². The molecule has 0 fully saturated rings. The van der Waals surface area contributed by atoms with E-state index in [2.05, 4.69) is 5.32 Å². The van der Waals surface area contributed by atoms with E-state index in [0.717, 1.165) is 0 Å². The molecule has 0 aromatic heterocycles. The Kier molecular flexibility index (Phi) is 7.76. The van der Waals surface area contributed by atoms with Crippen molar-refractivity contribution in [1.29, 1.82) is 0 Å². The number of benzene rings is 2. The topological polar surface area (TPSA) is 90.9 Å². The maximum absolute atomic E-state index is 14.3. The minimum absolute atomic E-state index is 0.111. The van der Waals surface area contributed by atoms with Gasteiger partial charge in [-0.25, -0.2) is 9.18 Å². The fourth-order valence-electron chi connectivity index (χ4n) is 5.27. The third-order valence-corrected chi connectivity index (χ3v) is 6.80. The van der Waals surface area contributed by atoms with Gasteiger partial charge in [0, 0.05) is 28.8 Å². The first-order valence-corrected chi connectivity index (χ1v) is 12.3. The van der Waals surface area contributed by atoms with E-state index in [-0.39, 0.29) is 24.4 Å². The number of esters is 2. The first-order valence-electron chi connectivity index (χ1n) is 12.3. The number of ketones is 1. The van der Waals surface area contributed by atoms with Crippen molar-refractivity contribution in [1.82, 2.24) is 5.32 Å². The van der Waals surface area contributed by atoms with Gasteiger partial charge < -0.3 is 19.5 Å². The average molecular weight is 508 g/mol. The summed E-state index contributed by atoms with van der Waals surface area (Å²) < 4.78 is 30.0. The lowest BCUT2D eigenvalue weighted by atomic mass is 9.67. The molecule has 2 aliphatic rings. The predicted molar refractivity (Wildman–Crippen MR) is 134 cm³/mol. The second kappa shape index (κ2) is 11.0. The highest BCUT2D eigenvalue weighted by molar-refractivity contribution is 6.13. The van der Waals surface area contributed by atoms with Crippen molar-refractivity contribution < 1.29 is 33.0 Å². The number of dihydropyridines is 1. The lowest BCUT2D eigenvalue weighted by molar-refractivity contribution is -0.152. The van der Waals surface area contributed by atoms with Crippen LogP contribution in [0.4, 0.5) is 4.39 Å². The molecular weight excluding hydrogens is 477 g/mol. The van der Waals surface area contributed by atoms with Crippen LogP contribution in [0.2, 0.25) is 0 Å². The molecule has 0 amide bonds. The number of hydrogen-bond donors (Lipinski definition) is 1. The van der Waals surface area contributed by atoms with Crippen molar-refractivity contribution in [3.05, 3.63) is 88.0 Å². The highest BCUT2D eigenvalue weighted by Gasteiger charge is 2.49. The Morgan fingerprint density at radius 2 is 1.70 bits per heavy atom. The van der Waals surface area contributed by atoms with Gasteiger partial charge in [0.15, 0.2) is 5.78 Å². The molecule has 4 rings (SSSR count). The third kappa shape index (κ3) is 4.88. The molecule has 0 saturated carbocycles. The molecule has 1 aliphatic carbocycles. The Balaban J connectivity index is 1.91. The Morgan fingerprint density at radius 1 is 1.03 bits per heavy atom. The van der Waals surface area contributed by atoms with Crippen molar-refractivity contribution in [2.75, 3.05) is 20.3 Å². The van der Waals surface area contributed by atoms with Gasteiger partial charge in [-0.15, -0.1) is 0 Å². The molecule has 3 atom stereocenters. The van der Waals surface area contributed by atoms with Gasteiger partial charge in [-0.1, -0.05) is 30.3 Å². The number of para-hydroxylation sites is 1. The van der Waals surface area contributed by atoms with Crippen molar-refractivity contribution in [2.45, 2.75) is 39.0 Å². The van der Waals surface area contributed by atoms with E-state index in [4.69, 9.17) is 14.2 Å². The van der Waals surface area contributed by atoms with Crippen LogP contribution >= 0.6 is 0 Å². The molecule has 0 spiro atoms. The SMILES string of the molecule is CCOC(=O)C1=C(C)NC2=C(C(=O)[C@@H](C(=O)OCC)[C@@H](c3ccccc3OC)C2)[C@@H]1c1ccc(F)cc1. The lowest BCUT2D eigenvalue weighted by Gasteiger charge is -2.39. The van der Waals surface area contributed by atoms with Crippen LogP contribution in [0.1, 0.15) is 50.2 Å². The summed E-state index contributed by atoms with van der Waals surface area (Å²) >= 11 is 0. The van der Waals surface area contributed by atoms with Crippen LogP contribution in [-0.4, -0.2) is 38.0 Å². The molecule has 2 aromatic rings. The summed E-state index contributed by atoms with van der Waals surface area (Å²) in [5.41, 5.74) is 2.92. The van der Waals surface area contributed by atoms with Gasteiger partial charge in [-0.05, 0) is 56.5 Å². The highest BCUT2D eigenvalue weighted by atomic mass is 19.1. The number of ether oxygens (including phenoxy) is 3. The molecule has 2 aromatic carbocycles. The Bertz CT molecular complexity index is 1280. The smallest absolute Gasteiger partial charge is 0.336 e. The Morgan fingerprint density at radius 3 is 2.35 bits per heavy atom. The summed E-state index contributed by atoms with van der Waals surface area (Å²) in [5.74, 6) is -4.10. The number of rotatable bonds is 7. The van der Waals surface area contributed by atoms with Gasteiger partial charge >= 0.3 is 11.9 Å². The molecule has 0 radical (unpaired) electrons. The van der Waals surface area contributed by atoms with Crippen LogP contribution < -0.4 is 10.1 Å². The maximum atomic E-state index is 14.3. The minimum atomic E-state index is -1.15. The molecule has 1 heterocycles. The molecule has 1 N–H and O–H groups in total. The van der Waals surface area contributed by atoms with E-state index >= 15 is 0 Å². The standard InChI is InChI=1S/C29H30FNO6/c1-5-36-28(33)23-16(3)31-21-15-20(19-9-7-8-10-22(19)35-4)25(29(34)37-6-2)27(32)26(21)24(23)17-11-13-18(30)14-12-17/h7-14,20,24-25,31H,5-6,15H2,1-4H3/t20-,24-,25+/m1/s1. The van der Waals surface area contributed by atoms with Gasteiger partial charge in [0.1, 0.15) is 17.5 Å². The van der Waals surface area contributed by atoms with E-state index in [1.165, 1.54) is 19.2 Å². The zero-order valence-corrected chi connectivity index (χ0v) is 21.3. The van der Waals surface area contributed by atoms with Crippen molar-refractivity contribution >= 4 is 17.7 Å². The fourth-order valence-corrected chi connectivity index (χ4v) is 5.27. The number of halogens is 1. The predicted octanol–water partition coefficient (Wildman–Crippen LogP) is 4.55. The third-order valence-electron chi connectivity index (χ3n) is 6.80. The summed E-state index contributed by atoms with van der Waals surface area (Å²) in [7, 11) is 1.54. The minimum Gasteiger partial charge on any atom is -0.496 e. The number of hydrogen-bond acceptors (Lipinski definition) is 7. The van der Waals surface area contributed by atoms with E-state index in [9.17, 15) is 18.8 Å². The summed E-state index contributed by atoms with van der Waals surface area (Å²) in [6.45, 7) is 5.38. The fraction of sp³-hybridized carbons (Fsp3) is 0.345. The van der Waals surface area contributed by atoms with Gasteiger partial charge in [0.25, 0.3) is 0 Å². The van der Waals surface area contributed by atoms with Crippen molar-refractivity contribution in [3.8, 4) is 5.75 Å². The molecule has 37 heavy (non-hydrogen) atoms. The number of allylic oxidation sites excluding steroid dienone is 3. The zero-order valence-electron chi connectivity index (χ0n) is 21.3. The average Bonchev–Trinajstić information content (AvgIpc) is 2.88. The molecule has 7 nitrogen and oxygen atoms in total. The van der Waals surface area contributed by atoms with Gasteiger partial charge in [0.2, 0.25) is 0 Å². The summed E-state index contributed by atoms with van der Waals surface area (Å²) in [6, 6.07) is 12.9. The molecular formula is C29H30FNO6. The molecule has 1 aliphatic heterocycles. The zero-order chi connectivity index (χ0) is 26.7. The Labute approximate surface area is 215 Å². The van der Waals surface area contributed by atoms with Crippen LogP contribution in [0.3, 0.4) is 0 Å². The van der Waals surface area contributed by atoms with E-state index in [0.29, 0.717) is 34.7 Å². The Hall–Kier alpha value is -3.94. The second-order valence-corrected chi connectivity index (χ2v) is 8.91. The maximum Gasteiger partial charge on any atom is 0.336 e. The highest BCUT2D eigenvalue weighted by Crippen LogP contribution is 2.49. The van der Waals surface area contributed by atoms with Crippen molar-refractivity contribution in [3.63, 3.8) is 0 Å². The summed E-state index contributed by atoms with van der Waals surface area (Å²) in [6.07, 6.45) is 0.302. The first kappa shape index (κ1) is 26.1. The van der Waals surface area contributed by atoms with Crippen LogP contribution in [-0.2, 0) is 23.9 Å². The van der Waals surface area contributed by atoms with Crippen LogP contribution in [0.15, 0.2) is 71.1 Å². The monoisotopic (exact) mass is 507 g/mol. The van der Waals surface area contributed by atoms with Gasteiger partial charge in [-0.3, -0.25) is 9.59 Å². The normalized spacial score (nSPS) is 21.2. The van der Waals surface area contributed by atoms with Crippen LogP contribution in [0.25, 0.3) is 0 Å². The van der Waals surface area contributed by atoms with Crippen LogP contribution in [0, 0.1) is 11.7 Å².